The van der Waals surface area contributed by atoms with Crippen molar-refractivity contribution in [2.75, 3.05) is 10.2 Å². The number of rotatable bonds is 4. The Bertz CT molecular complexity index is 1090. The van der Waals surface area contributed by atoms with Crippen LogP contribution in [0.3, 0.4) is 0 Å². The van der Waals surface area contributed by atoms with Gasteiger partial charge in [-0.3, -0.25) is 14.5 Å². The molecule has 0 fully saturated rings. The van der Waals surface area contributed by atoms with E-state index in [-0.39, 0.29) is 11.8 Å². The van der Waals surface area contributed by atoms with Crippen molar-refractivity contribution >= 4 is 34.9 Å². The molecule has 0 unspecified atom stereocenters. The molecule has 0 saturated carbocycles. The molecule has 1 N–H and O–H groups in total. The molecule has 0 radical (unpaired) electrons. The standard InChI is InChI=1S/C22H21ClN4O2/c1-14-3-8-18(23)12-19(14)24-22(29)17-6-4-16(5-7-17)13-26-20-11-15(2)25-27(20)10-9-21(26)28/h3-8,11-12H,9-10,13H2,1-2H3,(H,24,29). The number of nitrogens with zero attached hydrogens (tertiary/aromatic N) is 3. The Morgan fingerprint density at radius 1 is 1.14 bits per heavy atom. The van der Waals surface area contributed by atoms with Crippen LogP contribution in [0, 0.1) is 13.8 Å². The van der Waals surface area contributed by atoms with Gasteiger partial charge in [-0.05, 0) is 49.2 Å². The van der Waals surface area contributed by atoms with Crippen molar-refractivity contribution in [3.05, 3.63) is 75.9 Å². The van der Waals surface area contributed by atoms with Crippen LogP contribution in [0.25, 0.3) is 0 Å². The van der Waals surface area contributed by atoms with Gasteiger partial charge in [0.25, 0.3) is 5.91 Å². The number of amides is 2. The molecule has 1 aliphatic heterocycles. The summed E-state index contributed by atoms with van der Waals surface area (Å²) in [4.78, 5) is 26.7. The van der Waals surface area contributed by atoms with Crippen LogP contribution in [0.1, 0.15) is 33.6 Å². The minimum atomic E-state index is -0.204. The number of fused-ring (bicyclic) bond motifs is 1. The number of hydrogen-bond donors (Lipinski definition) is 1. The zero-order valence-electron chi connectivity index (χ0n) is 16.3. The van der Waals surface area contributed by atoms with Gasteiger partial charge in [0, 0.05) is 28.8 Å². The normalized spacial score (nSPS) is 13.3. The molecule has 4 rings (SSSR count). The summed E-state index contributed by atoms with van der Waals surface area (Å²) in [6.07, 6.45) is 0.438. The van der Waals surface area contributed by atoms with Gasteiger partial charge in [0.15, 0.2) is 0 Å². The minimum absolute atomic E-state index is 0.0793. The number of benzene rings is 2. The lowest BCUT2D eigenvalue weighted by Gasteiger charge is -2.27. The average Bonchev–Trinajstić information content (AvgIpc) is 3.08. The molecule has 3 aromatic rings. The van der Waals surface area contributed by atoms with Gasteiger partial charge in [-0.25, -0.2) is 4.68 Å². The van der Waals surface area contributed by atoms with Gasteiger partial charge in [-0.1, -0.05) is 29.8 Å². The Labute approximate surface area is 174 Å². The number of aryl methyl sites for hydroxylation is 3. The van der Waals surface area contributed by atoms with Crippen LogP contribution in [0.4, 0.5) is 11.5 Å². The molecular weight excluding hydrogens is 388 g/mol. The molecule has 148 valence electrons. The molecule has 7 heteroatoms. The fourth-order valence-electron chi connectivity index (χ4n) is 3.41. The van der Waals surface area contributed by atoms with Gasteiger partial charge < -0.3 is 5.32 Å². The van der Waals surface area contributed by atoms with Crippen LogP contribution < -0.4 is 10.2 Å². The maximum absolute atomic E-state index is 12.6. The lowest BCUT2D eigenvalue weighted by molar-refractivity contribution is -0.119. The highest BCUT2D eigenvalue weighted by atomic mass is 35.5. The van der Waals surface area contributed by atoms with Gasteiger partial charge in [0.1, 0.15) is 5.82 Å². The monoisotopic (exact) mass is 408 g/mol. The summed E-state index contributed by atoms with van der Waals surface area (Å²) in [6, 6.07) is 14.6. The lowest BCUT2D eigenvalue weighted by Crippen LogP contribution is -2.36. The fraction of sp³-hybridized carbons (Fsp3) is 0.227. The number of carbonyl (C=O) groups is 2. The molecule has 6 nitrogen and oxygen atoms in total. The van der Waals surface area contributed by atoms with E-state index < -0.39 is 0 Å². The molecule has 0 atom stereocenters. The molecule has 0 spiro atoms. The van der Waals surface area contributed by atoms with Crippen molar-refractivity contribution in [1.82, 2.24) is 9.78 Å². The van der Waals surface area contributed by atoms with Crippen LogP contribution in [0.2, 0.25) is 5.02 Å². The van der Waals surface area contributed by atoms with Crippen LogP contribution in [-0.4, -0.2) is 21.6 Å². The molecule has 0 bridgehead atoms. The Kier molecular flexibility index (Phi) is 5.11. The Morgan fingerprint density at radius 3 is 2.66 bits per heavy atom. The molecule has 2 amide bonds. The number of halogens is 1. The van der Waals surface area contributed by atoms with E-state index in [1.807, 2.05) is 42.8 Å². The van der Waals surface area contributed by atoms with Crippen molar-refractivity contribution in [1.29, 1.82) is 0 Å². The largest absolute Gasteiger partial charge is 0.322 e. The summed E-state index contributed by atoms with van der Waals surface area (Å²) >= 11 is 6.02. The van der Waals surface area contributed by atoms with Crippen LogP contribution >= 0.6 is 11.6 Å². The number of aromatic nitrogens is 2. The number of hydrogen-bond acceptors (Lipinski definition) is 3. The third kappa shape index (κ3) is 4.03. The number of nitrogens with one attached hydrogen (secondary N) is 1. The highest BCUT2D eigenvalue weighted by Crippen LogP contribution is 2.25. The summed E-state index contributed by atoms with van der Waals surface area (Å²) in [6.45, 7) is 4.89. The second kappa shape index (κ2) is 7.72. The lowest BCUT2D eigenvalue weighted by atomic mass is 10.1. The summed E-state index contributed by atoms with van der Waals surface area (Å²) in [5.41, 5.74) is 4.01. The van der Waals surface area contributed by atoms with E-state index in [9.17, 15) is 9.59 Å². The Balaban J connectivity index is 1.49. The van der Waals surface area contributed by atoms with Crippen molar-refractivity contribution in [2.24, 2.45) is 0 Å². The highest BCUT2D eigenvalue weighted by Gasteiger charge is 2.25. The van der Waals surface area contributed by atoms with E-state index in [2.05, 4.69) is 10.4 Å². The SMILES string of the molecule is Cc1cc2n(n1)CCC(=O)N2Cc1ccc(C(=O)Nc2cc(Cl)ccc2C)cc1. The topological polar surface area (TPSA) is 67.2 Å². The first-order valence-corrected chi connectivity index (χ1v) is 9.80. The predicted molar refractivity (Wildman–Crippen MR) is 113 cm³/mol. The van der Waals surface area contributed by atoms with Crippen molar-refractivity contribution in [2.45, 2.75) is 33.4 Å². The molecule has 2 aromatic carbocycles. The van der Waals surface area contributed by atoms with Crippen LogP contribution in [0.15, 0.2) is 48.5 Å². The zero-order valence-corrected chi connectivity index (χ0v) is 17.0. The molecule has 1 aromatic heterocycles. The summed E-state index contributed by atoms with van der Waals surface area (Å²) in [5.74, 6) is 0.692. The second-order valence-corrected chi connectivity index (χ2v) is 7.64. The Morgan fingerprint density at radius 2 is 1.90 bits per heavy atom. The fourth-order valence-corrected chi connectivity index (χ4v) is 3.59. The van der Waals surface area contributed by atoms with Gasteiger partial charge >= 0.3 is 0 Å². The maximum Gasteiger partial charge on any atom is 0.255 e. The van der Waals surface area contributed by atoms with E-state index in [0.29, 0.717) is 35.8 Å². The van der Waals surface area contributed by atoms with E-state index >= 15 is 0 Å². The van der Waals surface area contributed by atoms with Gasteiger partial charge in [-0.15, -0.1) is 0 Å². The van der Waals surface area contributed by atoms with Gasteiger partial charge in [0.05, 0.1) is 18.8 Å². The Hall–Kier alpha value is -3.12. The minimum Gasteiger partial charge on any atom is -0.322 e. The van der Waals surface area contributed by atoms with Crippen LogP contribution in [-0.2, 0) is 17.9 Å². The predicted octanol–water partition coefficient (Wildman–Crippen LogP) is 4.34. The van der Waals surface area contributed by atoms with Crippen molar-refractivity contribution < 1.29 is 9.59 Å². The smallest absolute Gasteiger partial charge is 0.255 e. The molecule has 0 aliphatic carbocycles. The molecule has 29 heavy (non-hydrogen) atoms. The van der Waals surface area contributed by atoms with E-state index in [1.54, 1.807) is 29.2 Å². The molecule has 0 saturated heterocycles. The second-order valence-electron chi connectivity index (χ2n) is 7.21. The first-order valence-electron chi connectivity index (χ1n) is 9.42. The number of anilines is 2. The van der Waals surface area contributed by atoms with Crippen molar-refractivity contribution in [3.8, 4) is 0 Å². The first kappa shape index (κ1) is 19.2. The van der Waals surface area contributed by atoms with Crippen LogP contribution in [0.5, 0.6) is 0 Å². The summed E-state index contributed by atoms with van der Waals surface area (Å²) < 4.78 is 1.87. The maximum atomic E-state index is 12.6. The summed E-state index contributed by atoms with van der Waals surface area (Å²) in [5, 5.41) is 7.89. The molecule has 1 aliphatic rings. The van der Waals surface area contributed by atoms with Gasteiger partial charge in [-0.2, -0.15) is 5.10 Å². The molecular formula is C22H21ClN4O2. The third-order valence-electron chi connectivity index (χ3n) is 5.00. The van der Waals surface area contributed by atoms with Gasteiger partial charge in [0.2, 0.25) is 5.91 Å². The summed E-state index contributed by atoms with van der Waals surface area (Å²) in [7, 11) is 0. The van der Waals surface area contributed by atoms with Crippen molar-refractivity contribution in [3.63, 3.8) is 0 Å². The van der Waals surface area contributed by atoms with E-state index in [1.165, 1.54) is 0 Å². The average molecular weight is 409 g/mol. The zero-order chi connectivity index (χ0) is 20.5. The third-order valence-corrected chi connectivity index (χ3v) is 5.24. The number of carbonyl (C=O) groups excluding carboxylic acids is 2. The highest BCUT2D eigenvalue weighted by molar-refractivity contribution is 6.31. The van der Waals surface area contributed by atoms with E-state index in [0.717, 1.165) is 22.6 Å². The molecule has 2 heterocycles. The van der Waals surface area contributed by atoms with E-state index in [4.69, 9.17) is 11.6 Å². The quantitative estimate of drug-likeness (QED) is 0.698. The first-order chi connectivity index (χ1) is 13.9.